The van der Waals surface area contributed by atoms with Crippen LogP contribution in [0.5, 0.6) is 5.75 Å². The topological polar surface area (TPSA) is 86.7 Å². The molecule has 0 aliphatic heterocycles. The Morgan fingerprint density at radius 1 is 1.23 bits per heavy atom. The Labute approximate surface area is 134 Å². The van der Waals surface area contributed by atoms with Gasteiger partial charge in [0.2, 0.25) is 0 Å². The normalized spacial score (nSPS) is 11.2. The van der Waals surface area contributed by atoms with Gasteiger partial charge in [0.1, 0.15) is 5.75 Å². The van der Waals surface area contributed by atoms with Crippen LogP contribution in [0.15, 0.2) is 18.2 Å². The predicted octanol–water partition coefficient (Wildman–Crippen LogP) is 2.44. The van der Waals surface area contributed by atoms with Crippen molar-refractivity contribution in [1.82, 2.24) is 0 Å². The predicted molar refractivity (Wildman–Crippen MR) is 84.7 cm³/mol. The second-order valence-corrected chi connectivity index (χ2v) is 6.88. The van der Waals surface area contributed by atoms with Crippen LogP contribution in [0.4, 0.5) is 0 Å². The van der Waals surface area contributed by atoms with E-state index < -0.39 is 11.9 Å². The lowest BCUT2D eigenvalue weighted by molar-refractivity contribution is -0.255. The molecule has 1 N–H and O–H groups in total. The van der Waals surface area contributed by atoms with E-state index in [0.717, 1.165) is 24.7 Å². The van der Waals surface area contributed by atoms with Crippen LogP contribution in [0, 0.1) is 0 Å². The third-order valence-electron chi connectivity index (χ3n) is 3.69. The Hall–Kier alpha value is -1.69. The molecule has 0 bridgehead atoms. The summed E-state index contributed by atoms with van der Waals surface area (Å²) in [6.07, 6.45) is 2.11. The summed E-state index contributed by atoms with van der Waals surface area (Å²) in [6, 6.07) is 3.66. The Bertz CT molecular complexity index is 505. The number of carbonyl (C=O) groups excluding carboxylic acids is 1. The van der Waals surface area contributed by atoms with E-state index >= 15 is 0 Å². The minimum Gasteiger partial charge on any atom is -0.545 e. The fourth-order valence-electron chi connectivity index (χ4n) is 1.83. The van der Waals surface area contributed by atoms with Crippen LogP contribution in [-0.4, -0.2) is 34.2 Å². The van der Waals surface area contributed by atoms with Gasteiger partial charge >= 0.3 is 5.97 Å². The number of thioether (sulfide) groups is 1. The number of ether oxygens (including phenoxy) is 1. The average molecular weight is 325 g/mol. The molecular formula is C16H21O5S-. The van der Waals surface area contributed by atoms with Crippen molar-refractivity contribution in [2.24, 2.45) is 0 Å². The van der Waals surface area contributed by atoms with Gasteiger partial charge in [0.05, 0.1) is 18.1 Å². The van der Waals surface area contributed by atoms with Crippen molar-refractivity contribution in [2.75, 3.05) is 12.4 Å². The zero-order valence-electron chi connectivity index (χ0n) is 13.0. The van der Waals surface area contributed by atoms with E-state index in [4.69, 9.17) is 9.84 Å². The molecule has 0 fully saturated rings. The standard InChI is InChI=1S/C16H22O5S/c1-4-16(3,5-2)22-7-6-21-13-9-11(14(17)18)8-12(10-13)15(19)20/h8-10H,4-7H2,1-3H3,(H,17,18)(H,19,20)/p-1. The molecule has 0 amide bonds. The summed E-state index contributed by atoms with van der Waals surface area (Å²) in [5.41, 5.74) is -0.328. The molecule has 0 spiro atoms. The lowest BCUT2D eigenvalue weighted by Crippen LogP contribution is -2.23. The van der Waals surface area contributed by atoms with Gasteiger partial charge in [-0.15, -0.1) is 0 Å². The molecule has 1 rings (SSSR count). The van der Waals surface area contributed by atoms with E-state index in [1.54, 1.807) is 11.8 Å². The van der Waals surface area contributed by atoms with Crippen LogP contribution < -0.4 is 9.84 Å². The Balaban J connectivity index is 2.69. The molecule has 0 aliphatic rings. The van der Waals surface area contributed by atoms with Crippen molar-refractivity contribution in [3.05, 3.63) is 29.3 Å². The van der Waals surface area contributed by atoms with Gasteiger partial charge in [0, 0.05) is 16.1 Å². The maximum absolute atomic E-state index is 11.0. The van der Waals surface area contributed by atoms with Crippen molar-refractivity contribution >= 4 is 23.7 Å². The Kier molecular flexibility index (Phi) is 6.74. The first-order valence-corrected chi connectivity index (χ1v) is 8.16. The fraction of sp³-hybridized carbons (Fsp3) is 0.500. The van der Waals surface area contributed by atoms with Crippen LogP contribution in [-0.2, 0) is 0 Å². The number of hydrogen-bond donors (Lipinski definition) is 1. The summed E-state index contributed by atoms with van der Waals surface area (Å²) in [7, 11) is 0. The molecule has 1 aromatic rings. The summed E-state index contributed by atoms with van der Waals surface area (Å²) in [5.74, 6) is -1.65. The van der Waals surface area contributed by atoms with Crippen LogP contribution in [0.3, 0.4) is 0 Å². The van der Waals surface area contributed by atoms with Gasteiger partial charge < -0.3 is 19.7 Å². The van der Waals surface area contributed by atoms with E-state index in [1.165, 1.54) is 12.1 Å². The van der Waals surface area contributed by atoms with E-state index in [1.807, 2.05) is 0 Å². The maximum atomic E-state index is 11.0. The quantitative estimate of drug-likeness (QED) is 0.702. The highest BCUT2D eigenvalue weighted by atomic mass is 32.2. The first kappa shape index (κ1) is 18.4. The number of aromatic carboxylic acids is 2. The number of benzene rings is 1. The summed E-state index contributed by atoms with van der Waals surface area (Å²) >= 11 is 1.79. The van der Waals surface area contributed by atoms with E-state index in [2.05, 4.69) is 20.8 Å². The first-order chi connectivity index (χ1) is 10.3. The zero-order valence-corrected chi connectivity index (χ0v) is 13.9. The maximum Gasteiger partial charge on any atom is 0.335 e. The minimum atomic E-state index is -1.42. The number of carbonyl (C=O) groups is 2. The van der Waals surface area contributed by atoms with Gasteiger partial charge in [-0.2, -0.15) is 11.8 Å². The second-order valence-electron chi connectivity index (χ2n) is 5.19. The van der Waals surface area contributed by atoms with Crippen LogP contribution in [0.25, 0.3) is 0 Å². The third kappa shape index (κ3) is 5.26. The summed E-state index contributed by atoms with van der Waals surface area (Å²) < 4.78 is 5.69. The lowest BCUT2D eigenvalue weighted by Gasteiger charge is -2.25. The number of hydrogen-bond acceptors (Lipinski definition) is 5. The zero-order chi connectivity index (χ0) is 16.8. The van der Waals surface area contributed by atoms with Gasteiger partial charge in [-0.3, -0.25) is 0 Å². The number of rotatable bonds is 9. The molecule has 0 radical (unpaired) electrons. The molecule has 5 nitrogen and oxygen atoms in total. The average Bonchev–Trinajstić information content (AvgIpc) is 2.51. The van der Waals surface area contributed by atoms with Crippen molar-refractivity contribution in [3.8, 4) is 5.75 Å². The molecule has 1 aromatic carbocycles. The summed E-state index contributed by atoms with van der Waals surface area (Å²) in [4.78, 5) is 21.9. The molecule has 0 aliphatic carbocycles. The molecule has 0 atom stereocenters. The Morgan fingerprint density at radius 2 is 1.82 bits per heavy atom. The summed E-state index contributed by atoms with van der Waals surface area (Å²) in [6.45, 7) is 6.85. The van der Waals surface area contributed by atoms with E-state index in [-0.39, 0.29) is 21.6 Å². The lowest BCUT2D eigenvalue weighted by atomic mass is 10.1. The fourth-order valence-corrected chi connectivity index (χ4v) is 2.89. The number of carboxylic acids is 2. The molecule has 0 saturated heterocycles. The number of carboxylic acid groups (broad SMARTS) is 2. The second kappa shape index (κ2) is 8.08. The van der Waals surface area contributed by atoms with Crippen molar-refractivity contribution in [1.29, 1.82) is 0 Å². The van der Waals surface area contributed by atoms with E-state index in [9.17, 15) is 14.7 Å². The molecule has 0 unspecified atom stereocenters. The highest BCUT2D eigenvalue weighted by Gasteiger charge is 2.19. The molecule has 0 saturated carbocycles. The van der Waals surface area contributed by atoms with Crippen LogP contribution in [0.2, 0.25) is 0 Å². The van der Waals surface area contributed by atoms with E-state index in [0.29, 0.717) is 6.61 Å². The van der Waals surface area contributed by atoms with Gasteiger partial charge in [0.25, 0.3) is 0 Å². The minimum absolute atomic E-state index is 0.128. The molecule has 22 heavy (non-hydrogen) atoms. The SMILES string of the molecule is CCC(C)(CC)SCCOc1cc(C(=O)[O-])cc(C(=O)O)c1. The summed E-state index contributed by atoms with van der Waals surface area (Å²) in [5, 5.41) is 19.9. The first-order valence-electron chi connectivity index (χ1n) is 7.17. The highest BCUT2D eigenvalue weighted by Crippen LogP contribution is 2.31. The monoisotopic (exact) mass is 325 g/mol. The van der Waals surface area contributed by atoms with Crippen LogP contribution >= 0.6 is 11.8 Å². The molecular weight excluding hydrogens is 304 g/mol. The van der Waals surface area contributed by atoms with Crippen molar-refractivity contribution in [2.45, 2.75) is 38.4 Å². The van der Waals surface area contributed by atoms with Gasteiger partial charge in [-0.05, 0) is 31.0 Å². The van der Waals surface area contributed by atoms with Gasteiger partial charge in [-0.1, -0.05) is 20.8 Å². The van der Waals surface area contributed by atoms with Crippen molar-refractivity contribution in [3.63, 3.8) is 0 Å². The Morgan fingerprint density at radius 3 is 2.32 bits per heavy atom. The van der Waals surface area contributed by atoms with Gasteiger partial charge in [-0.25, -0.2) is 4.79 Å². The van der Waals surface area contributed by atoms with Gasteiger partial charge in [0.15, 0.2) is 0 Å². The van der Waals surface area contributed by atoms with Crippen LogP contribution in [0.1, 0.15) is 54.3 Å². The smallest absolute Gasteiger partial charge is 0.335 e. The molecule has 122 valence electrons. The highest BCUT2D eigenvalue weighted by molar-refractivity contribution is 8.00. The van der Waals surface area contributed by atoms with Crippen molar-refractivity contribution < 1.29 is 24.5 Å². The molecule has 0 heterocycles. The molecule has 6 heteroatoms. The largest absolute Gasteiger partial charge is 0.545 e. The molecule has 0 aromatic heterocycles. The third-order valence-corrected chi connectivity index (χ3v) is 5.33.